The van der Waals surface area contributed by atoms with Crippen molar-refractivity contribution in [2.45, 2.75) is 19.0 Å². The van der Waals surface area contributed by atoms with Crippen LogP contribution in [-0.4, -0.2) is 53.0 Å². The third kappa shape index (κ3) is 3.54. The van der Waals surface area contributed by atoms with Crippen molar-refractivity contribution in [2.24, 2.45) is 0 Å². The maximum absolute atomic E-state index is 11.9. The lowest BCUT2D eigenvalue weighted by molar-refractivity contribution is -0.144. The lowest BCUT2D eigenvalue weighted by Gasteiger charge is -2.38. The van der Waals surface area contributed by atoms with Crippen molar-refractivity contribution >= 4 is 11.9 Å². The molecule has 1 unspecified atom stereocenters. The van der Waals surface area contributed by atoms with Crippen molar-refractivity contribution in [2.75, 3.05) is 20.1 Å². The molecule has 0 spiro atoms. The van der Waals surface area contributed by atoms with Crippen LogP contribution in [-0.2, 0) is 16.1 Å². The van der Waals surface area contributed by atoms with Gasteiger partial charge >= 0.3 is 5.97 Å². The fourth-order valence-electron chi connectivity index (χ4n) is 2.36. The minimum Gasteiger partial charge on any atom is -0.481 e. The van der Waals surface area contributed by atoms with Crippen molar-refractivity contribution in [1.82, 2.24) is 9.80 Å². The second-order valence-electron chi connectivity index (χ2n) is 4.91. The first kappa shape index (κ1) is 13.5. The Labute approximate surface area is 112 Å². The summed E-state index contributed by atoms with van der Waals surface area (Å²) in [4.78, 5) is 26.3. The highest BCUT2D eigenvalue weighted by Crippen LogP contribution is 2.15. The van der Waals surface area contributed by atoms with E-state index in [9.17, 15) is 9.59 Å². The van der Waals surface area contributed by atoms with Gasteiger partial charge in [-0.25, -0.2) is 0 Å². The number of carbonyl (C=O) groups excluding carboxylic acids is 1. The Morgan fingerprint density at radius 3 is 2.68 bits per heavy atom. The van der Waals surface area contributed by atoms with Crippen LogP contribution >= 0.6 is 0 Å². The van der Waals surface area contributed by atoms with Gasteiger partial charge < -0.3 is 10.0 Å². The van der Waals surface area contributed by atoms with Crippen LogP contribution < -0.4 is 0 Å². The number of carboxylic acids is 1. The highest BCUT2D eigenvalue weighted by Gasteiger charge is 2.31. The number of rotatable bonds is 4. The standard InChI is InChI=1S/C14H18N2O3/c1-15-12(7-14(18)19)9-16(10-13(15)17)8-11-5-3-2-4-6-11/h2-6,12H,7-10H2,1H3,(H,18,19). The molecule has 1 aromatic rings. The van der Waals surface area contributed by atoms with E-state index in [0.29, 0.717) is 19.6 Å². The quantitative estimate of drug-likeness (QED) is 0.872. The topological polar surface area (TPSA) is 60.9 Å². The Morgan fingerprint density at radius 2 is 2.05 bits per heavy atom. The summed E-state index contributed by atoms with van der Waals surface area (Å²) < 4.78 is 0. The van der Waals surface area contributed by atoms with Gasteiger partial charge in [-0.15, -0.1) is 0 Å². The van der Waals surface area contributed by atoms with Crippen LogP contribution in [0.4, 0.5) is 0 Å². The molecular formula is C14H18N2O3. The molecule has 0 aliphatic carbocycles. The fourth-order valence-corrected chi connectivity index (χ4v) is 2.36. The van der Waals surface area contributed by atoms with Crippen LogP contribution in [0.1, 0.15) is 12.0 Å². The molecule has 1 heterocycles. The molecule has 1 atom stereocenters. The number of carboxylic acid groups (broad SMARTS) is 1. The molecule has 0 radical (unpaired) electrons. The summed E-state index contributed by atoms with van der Waals surface area (Å²) in [7, 11) is 1.68. The zero-order chi connectivity index (χ0) is 13.8. The highest BCUT2D eigenvalue weighted by atomic mass is 16.4. The third-order valence-electron chi connectivity index (χ3n) is 3.43. The number of piperazine rings is 1. The van der Waals surface area contributed by atoms with Crippen molar-refractivity contribution < 1.29 is 14.7 Å². The van der Waals surface area contributed by atoms with E-state index >= 15 is 0 Å². The third-order valence-corrected chi connectivity index (χ3v) is 3.43. The second kappa shape index (κ2) is 5.84. The summed E-state index contributed by atoms with van der Waals surface area (Å²) in [6.45, 7) is 1.63. The predicted octanol–water partition coefficient (Wildman–Crippen LogP) is 0.804. The number of hydrogen-bond donors (Lipinski definition) is 1. The van der Waals surface area contributed by atoms with Crippen LogP contribution in [0.15, 0.2) is 30.3 Å². The maximum atomic E-state index is 11.9. The number of benzene rings is 1. The Bertz CT molecular complexity index is 461. The van der Waals surface area contributed by atoms with Crippen LogP contribution in [0.3, 0.4) is 0 Å². The molecule has 1 aromatic carbocycles. The lowest BCUT2D eigenvalue weighted by atomic mass is 10.1. The SMILES string of the molecule is CN1C(=O)CN(Cc2ccccc2)CC1CC(=O)O. The lowest BCUT2D eigenvalue weighted by Crippen LogP contribution is -2.54. The molecular weight excluding hydrogens is 244 g/mol. The monoisotopic (exact) mass is 262 g/mol. The maximum Gasteiger partial charge on any atom is 0.305 e. The fraction of sp³-hybridized carbons (Fsp3) is 0.429. The normalized spacial score (nSPS) is 20.6. The number of carbonyl (C=O) groups is 2. The number of aliphatic carboxylic acids is 1. The van der Waals surface area contributed by atoms with Crippen LogP contribution in [0.2, 0.25) is 0 Å². The van der Waals surface area contributed by atoms with Crippen LogP contribution in [0.25, 0.3) is 0 Å². The predicted molar refractivity (Wildman–Crippen MR) is 70.5 cm³/mol. The van der Waals surface area contributed by atoms with Crippen LogP contribution in [0.5, 0.6) is 0 Å². The molecule has 19 heavy (non-hydrogen) atoms. The number of likely N-dealkylation sites (N-methyl/N-ethyl adjacent to an activating group) is 1. The summed E-state index contributed by atoms with van der Waals surface area (Å²) in [6, 6.07) is 9.64. The molecule has 0 bridgehead atoms. The van der Waals surface area contributed by atoms with Gasteiger partial charge in [-0.2, -0.15) is 0 Å². The van der Waals surface area contributed by atoms with Crippen molar-refractivity contribution in [3.05, 3.63) is 35.9 Å². The summed E-state index contributed by atoms with van der Waals surface area (Å²) >= 11 is 0. The molecule has 5 nitrogen and oxygen atoms in total. The number of amides is 1. The molecule has 102 valence electrons. The molecule has 2 rings (SSSR count). The van der Waals surface area contributed by atoms with Crippen molar-refractivity contribution in [3.8, 4) is 0 Å². The summed E-state index contributed by atoms with van der Waals surface area (Å²) in [6.07, 6.45) is -0.00642. The largest absolute Gasteiger partial charge is 0.481 e. The smallest absolute Gasteiger partial charge is 0.305 e. The van der Waals surface area contributed by atoms with E-state index in [0.717, 1.165) is 5.56 Å². The van der Waals surface area contributed by atoms with Crippen LogP contribution in [0, 0.1) is 0 Å². The molecule has 0 saturated carbocycles. The average molecular weight is 262 g/mol. The zero-order valence-corrected chi connectivity index (χ0v) is 11.0. The number of nitrogens with zero attached hydrogens (tertiary/aromatic N) is 2. The van der Waals surface area contributed by atoms with Gasteiger partial charge in [-0.05, 0) is 5.56 Å². The first-order chi connectivity index (χ1) is 9.06. The van der Waals surface area contributed by atoms with Gasteiger partial charge in [0.05, 0.1) is 19.0 Å². The molecule has 1 aliphatic rings. The molecule has 5 heteroatoms. The molecule has 1 aliphatic heterocycles. The molecule has 1 fully saturated rings. The Hall–Kier alpha value is -1.88. The van der Waals surface area contributed by atoms with Crippen molar-refractivity contribution in [1.29, 1.82) is 0 Å². The van der Waals surface area contributed by atoms with Crippen molar-refractivity contribution in [3.63, 3.8) is 0 Å². The zero-order valence-electron chi connectivity index (χ0n) is 11.0. The van der Waals surface area contributed by atoms with Gasteiger partial charge in [0, 0.05) is 20.1 Å². The van der Waals surface area contributed by atoms with Gasteiger partial charge in [0.25, 0.3) is 0 Å². The van der Waals surface area contributed by atoms with E-state index < -0.39 is 5.97 Å². The summed E-state index contributed by atoms with van der Waals surface area (Å²) in [5, 5.41) is 8.89. The second-order valence-corrected chi connectivity index (χ2v) is 4.91. The molecule has 1 N–H and O–H groups in total. The van der Waals surface area contributed by atoms with E-state index in [1.54, 1.807) is 11.9 Å². The van der Waals surface area contributed by atoms with Gasteiger partial charge in [-0.1, -0.05) is 30.3 Å². The molecule has 1 amide bonds. The highest BCUT2D eigenvalue weighted by molar-refractivity contribution is 5.80. The van der Waals surface area contributed by atoms with Gasteiger partial charge in [-0.3, -0.25) is 14.5 Å². The Kier molecular flexibility index (Phi) is 4.16. The Morgan fingerprint density at radius 1 is 1.37 bits per heavy atom. The molecule has 0 aromatic heterocycles. The van der Waals surface area contributed by atoms with E-state index in [4.69, 9.17) is 5.11 Å². The van der Waals surface area contributed by atoms with E-state index in [2.05, 4.69) is 0 Å². The summed E-state index contributed by atoms with van der Waals surface area (Å²) in [5.74, 6) is -0.889. The van der Waals surface area contributed by atoms with E-state index in [1.807, 2.05) is 35.2 Å². The van der Waals surface area contributed by atoms with Gasteiger partial charge in [0.1, 0.15) is 0 Å². The first-order valence-electron chi connectivity index (χ1n) is 6.30. The van der Waals surface area contributed by atoms with E-state index in [-0.39, 0.29) is 18.4 Å². The first-order valence-corrected chi connectivity index (χ1v) is 6.30. The number of hydrogen-bond acceptors (Lipinski definition) is 3. The van der Waals surface area contributed by atoms with E-state index in [1.165, 1.54) is 0 Å². The van der Waals surface area contributed by atoms with Gasteiger partial charge in [0.15, 0.2) is 0 Å². The molecule has 1 saturated heterocycles. The Balaban J connectivity index is 2.02. The average Bonchev–Trinajstić information content (AvgIpc) is 2.36. The minimum atomic E-state index is -0.869. The summed E-state index contributed by atoms with van der Waals surface area (Å²) in [5.41, 5.74) is 1.13. The van der Waals surface area contributed by atoms with Gasteiger partial charge in [0.2, 0.25) is 5.91 Å². The minimum absolute atomic E-state index is 0.00642.